The molecule has 1 saturated heterocycles. The SMILES string of the molecule is Cc1csc(N2C[C@H](NC(=O)Cc3ccc(C4CC4)cc3)C3(CC3)C2)n1. The van der Waals surface area contributed by atoms with Crippen molar-refractivity contribution in [2.24, 2.45) is 5.41 Å². The van der Waals surface area contributed by atoms with E-state index in [1.165, 1.54) is 31.2 Å². The van der Waals surface area contributed by atoms with Gasteiger partial charge in [0.05, 0.1) is 18.2 Å². The first-order valence-corrected chi connectivity index (χ1v) is 10.5. The van der Waals surface area contributed by atoms with E-state index in [2.05, 4.69) is 44.8 Å². The fraction of sp³-hybridized carbons (Fsp3) is 0.524. The summed E-state index contributed by atoms with van der Waals surface area (Å²) in [5, 5.41) is 6.53. The Hall–Kier alpha value is -1.88. The van der Waals surface area contributed by atoms with Crippen LogP contribution < -0.4 is 10.2 Å². The second-order valence-corrected chi connectivity index (χ2v) is 9.16. The smallest absolute Gasteiger partial charge is 0.224 e. The van der Waals surface area contributed by atoms with Gasteiger partial charge in [0.15, 0.2) is 5.13 Å². The van der Waals surface area contributed by atoms with Crippen molar-refractivity contribution < 1.29 is 4.79 Å². The Morgan fingerprint density at radius 1 is 1.31 bits per heavy atom. The predicted molar refractivity (Wildman–Crippen MR) is 105 cm³/mol. The van der Waals surface area contributed by atoms with Gasteiger partial charge < -0.3 is 10.2 Å². The largest absolute Gasteiger partial charge is 0.351 e. The molecule has 3 fully saturated rings. The standard InChI is InChI=1S/C21H25N3OS/c1-14-12-26-20(22-14)24-11-18(21(13-24)8-9-21)23-19(25)10-15-2-4-16(5-3-15)17-6-7-17/h2-5,12,17-18H,6-11,13H2,1H3,(H,23,25)/t18-/m0/s1. The number of hydrogen-bond donors (Lipinski definition) is 1. The van der Waals surface area contributed by atoms with Gasteiger partial charge in [-0.2, -0.15) is 0 Å². The van der Waals surface area contributed by atoms with Gasteiger partial charge in [0.25, 0.3) is 0 Å². The summed E-state index contributed by atoms with van der Waals surface area (Å²) in [6.07, 6.45) is 5.55. The van der Waals surface area contributed by atoms with Crippen LogP contribution in [0.1, 0.15) is 48.4 Å². The van der Waals surface area contributed by atoms with Crippen LogP contribution in [-0.4, -0.2) is 30.0 Å². The molecule has 1 aliphatic heterocycles. The molecule has 4 nitrogen and oxygen atoms in total. The molecule has 2 aromatic rings. The van der Waals surface area contributed by atoms with Crippen LogP contribution >= 0.6 is 11.3 Å². The minimum absolute atomic E-state index is 0.151. The summed E-state index contributed by atoms with van der Waals surface area (Å²) in [6, 6.07) is 8.90. The molecule has 0 radical (unpaired) electrons. The van der Waals surface area contributed by atoms with Gasteiger partial charge in [0.1, 0.15) is 0 Å². The number of anilines is 1. The molecule has 1 atom stereocenters. The van der Waals surface area contributed by atoms with Crippen LogP contribution in [-0.2, 0) is 11.2 Å². The second-order valence-electron chi connectivity index (χ2n) is 8.33. The van der Waals surface area contributed by atoms with Crippen molar-refractivity contribution in [3.8, 4) is 0 Å². The number of nitrogens with one attached hydrogen (secondary N) is 1. The zero-order valence-corrected chi connectivity index (χ0v) is 16.0. The lowest BCUT2D eigenvalue weighted by Crippen LogP contribution is -2.42. The van der Waals surface area contributed by atoms with Crippen LogP contribution in [0.2, 0.25) is 0 Å². The lowest BCUT2D eigenvalue weighted by Gasteiger charge is -2.18. The van der Waals surface area contributed by atoms with Crippen molar-refractivity contribution in [1.82, 2.24) is 10.3 Å². The van der Waals surface area contributed by atoms with E-state index in [1.807, 2.05) is 6.92 Å². The van der Waals surface area contributed by atoms with Crippen LogP contribution in [0.3, 0.4) is 0 Å². The average molecular weight is 368 g/mol. The number of aromatic nitrogens is 1. The van der Waals surface area contributed by atoms with E-state index in [0.29, 0.717) is 6.42 Å². The Bertz CT molecular complexity index is 820. The third kappa shape index (κ3) is 3.13. The highest BCUT2D eigenvalue weighted by molar-refractivity contribution is 7.13. The van der Waals surface area contributed by atoms with Gasteiger partial charge in [-0.05, 0) is 49.7 Å². The van der Waals surface area contributed by atoms with Gasteiger partial charge in [-0.25, -0.2) is 4.98 Å². The summed E-state index contributed by atoms with van der Waals surface area (Å²) in [7, 11) is 0. The molecule has 2 heterocycles. The average Bonchev–Trinajstić information content (AvgIpc) is 3.52. The zero-order valence-electron chi connectivity index (χ0n) is 15.2. The molecule has 1 N–H and O–H groups in total. The number of hydrogen-bond acceptors (Lipinski definition) is 4. The molecule has 2 saturated carbocycles. The van der Waals surface area contributed by atoms with Crippen molar-refractivity contribution in [2.45, 2.75) is 51.0 Å². The van der Waals surface area contributed by atoms with E-state index in [1.54, 1.807) is 11.3 Å². The number of carbonyl (C=O) groups is 1. The van der Waals surface area contributed by atoms with Gasteiger partial charge in [0, 0.05) is 23.9 Å². The van der Waals surface area contributed by atoms with Crippen LogP contribution in [0.15, 0.2) is 29.6 Å². The van der Waals surface area contributed by atoms with Gasteiger partial charge >= 0.3 is 0 Å². The number of carbonyl (C=O) groups excluding carboxylic acids is 1. The summed E-state index contributed by atoms with van der Waals surface area (Å²) in [5.41, 5.74) is 3.90. The van der Waals surface area contributed by atoms with Crippen LogP contribution in [0, 0.1) is 12.3 Å². The normalized spacial score (nSPS) is 23.4. The Morgan fingerprint density at radius 2 is 2.08 bits per heavy atom. The molecule has 1 amide bonds. The highest BCUT2D eigenvalue weighted by Gasteiger charge is 2.56. The maximum atomic E-state index is 12.6. The first-order chi connectivity index (χ1) is 12.6. The van der Waals surface area contributed by atoms with Crippen molar-refractivity contribution in [3.63, 3.8) is 0 Å². The Kier molecular flexibility index (Phi) is 3.82. The summed E-state index contributed by atoms with van der Waals surface area (Å²) in [5.74, 6) is 0.921. The Morgan fingerprint density at radius 3 is 2.69 bits per heavy atom. The van der Waals surface area contributed by atoms with Crippen molar-refractivity contribution in [1.29, 1.82) is 0 Å². The summed E-state index contributed by atoms with van der Waals surface area (Å²) >= 11 is 1.71. The molecule has 5 heteroatoms. The molecule has 0 unspecified atom stereocenters. The summed E-state index contributed by atoms with van der Waals surface area (Å²) in [6.45, 7) is 3.96. The molecule has 3 aliphatic rings. The first-order valence-electron chi connectivity index (χ1n) is 9.67. The molecular weight excluding hydrogens is 342 g/mol. The number of aryl methyl sites for hydroxylation is 1. The highest BCUT2D eigenvalue weighted by Crippen LogP contribution is 2.53. The van der Waals surface area contributed by atoms with E-state index in [4.69, 9.17) is 0 Å². The van der Waals surface area contributed by atoms with Crippen molar-refractivity contribution in [2.75, 3.05) is 18.0 Å². The molecule has 1 aromatic carbocycles. The third-order valence-corrected chi connectivity index (χ3v) is 7.17. The van der Waals surface area contributed by atoms with Crippen LogP contribution in [0.25, 0.3) is 0 Å². The topological polar surface area (TPSA) is 45.2 Å². The van der Waals surface area contributed by atoms with Gasteiger partial charge in [0.2, 0.25) is 5.91 Å². The lowest BCUT2D eigenvalue weighted by molar-refractivity contribution is -0.121. The quantitative estimate of drug-likeness (QED) is 0.877. The lowest BCUT2D eigenvalue weighted by atomic mass is 10.00. The van der Waals surface area contributed by atoms with E-state index < -0.39 is 0 Å². The fourth-order valence-electron chi connectivity index (χ4n) is 4.22. The number of benzene rings is 1. The van der Waals surface area contributed by atoms with Crippen molar-refractivity contribution in [3.05, 3.63) is 46.5 Å². The third-order valence-electron chi connectivity index (χ3n) is 6.15. The minimum atomic E-state index is 0.151. The maximum Gasteiger partial charge on any atom is 0.224 e. The molecular formula is C21H25N3OS. The predicted octanol–water partition coefficient (Wildman–Crippen LogP) is 3.66. The fourth-order valence-corrected chi connectivity index (χ4v) is 5.04. The van der Waals surface area contributed by atoms with Crippen LogP contribution in [0.5, 0.6) is 0 Å². The van der Waals surface area contributed by atoms with Gasteiger partial charge in [-0.15, -0.1) is 11.3 Å². The monoisotopic (exact) mass is 367 g/mol. The van der Waals surface area contributed by atoms with E-state index >= 15 is 0 Å². The number of rotatable bonds is 5. The summed E-state index contributed by atoms with van der Waals surface area (Å²) < 4.78 is 0. The molecule has 5 rings (SSSR count). The van der Waals surface area contributed by atoms with E-state index in [9.17, 15) is 4.79 Å². The molecule has 2 aliphatic carbocycles. The number of nitrogens with zero attached hydrogens (tertiary/aromatic N) is 2. The number of thiazole rings is 1. The van der Waals surface area contributed by atoms with Crippen molar-refractivity contribution >= 4 is 22.4 Å². The highest BCUT2D eigenvalue weighted by atomic mass is 32.1. The first kappa shape index (κ1) is 16.3. The minimum Gasteiger partial charge on any atom is -0.351 e. The molecule has 136 valence electrons. The Balaban J connectivity index is 1.22. The zero-order chi connectivity index (χ0) is 17.7. The van der Waals surface area contributed by atoms with E-state index in [-0.39, 0.29) is 17.4 Å². The van der Waals surface area contributed by atoms with Gasteiger partial charge in [-0.3, -0.25) is 4.79 Å². The molecule has 26 heavy (non-hydrogen) atoms. The summed E-state index contributed by atoms with van der Waals surface area (Å²) in [4.78, 5) is 19.6. The maximum absolute atomic E-state index is 12.6. The second kappa shape index (κ2) is 6.08. The van der Waals surface area contributed by atoms with Crippen LogP contribution in [0.4, 0.5) is 5.13 Å². The molecule has 1 spiro atoms. The van der Waals surface area contributed by atoms with E-state index in [0.717, 1.165) is 35.4 Å². The number of amides is 1. The van der Waals surface area contributed by atoms with Gasteiger partial charge in [-0.1, -0.05) is 24.3 Å². The molecule has 1 aromatic heterocycles. The Labute approximate surface area is 158 Å². The molecule has 0 bridgehead atoms.